The van der Waals surface area contributed by atoms with Crippen LogP contribution < -0.4 is 0 Å². The first-order valence-electron chi connectivity index (χ1n) is 3.34. The second kappa shape index (κ2) is 3.64. The van der Waals surface area contributed by atoms with Crippen LogP contribution in [-0.2, 0) is 6.42 Å². The number of hydrogen-bond donors (Lipinski definition) is 1. The highest BCUT2D eigenvalue weighted by molar-refractivity contribution is 6.28. The Labute approximate surface area is 70.1 Å². The highest BCUT2D eigenvalue weighted by atomic mass is 35.5. The molecule has 1 rings (SSSR count). The van der Waals surface area contributed by atoms with Gasteiger partial charge in [0.15, 0.2) is 0 Å². The Kier molecular flexibility index (Phi) is 2.79. The van der Waals surface area contributed by atoms with Gasteiger partial charge in [-0.25, -0.2) is 9.97 Å². The smallest absolute Gasteiger partial charge is 0.222 e. The number of aromatic nitrogens is 2. The van der Waals surface area contributed by atoms with Gasteiger partial charge in [-0.15, -0.1) is 0 Å². The van der Waals surface area contributed by atoms with Gasteiger partial charge >= 0.3 is 0 Å². The molecule has 1 atom stereocenters. The van der Waals surface area contributed by atoms with Gasteiger partial charge in [0.25, 0.3) is 0 Å². The second-order valence-electron chi connectivity index (χ2n) is 2.37. The van der Waals surface area contributed by atoms with E-state index in [4.69, 9.17) is 16.7 Å². The summed E-state index contributed by atoms with van der Waals surface area (Å²) in [4.78, 5) is 7.63. The standard InChI is InChI=1S/C7H9ClN2O/c1-5(11)4-6-2-3-9-7(8)10-6/h2-3,5,11H,4H2,1H3. The molecule has 1 heterocycles. The van der Waals surface area contributed by atoms with Gasteiger partial charge in [-0.3, -0.25) is 0 Å². The van der Waals surface area contributed by atoms with Crippen LogP contribution in [-0.4, -0.2) is 21.2 Å². The molecule has 1 N–H and O–H groups in total. The summed E-state index contributed by atoms with van der Waals surface area (Å²) in [7, 11) is 0. The van der Waals surface area contributed by atoms with Crippen molar-refractivity contribution >= 4 is 11.6 Å². The van der Waals surface area contributed by atoms with Gasteiger partial charge in [-0.2, -0.15) is 0 Å². The quantitative estimate of drug-likeness (QED) is 0.679. The average molecular weight is 173 g/mol. The zero-order valence-corrected chi connectivity index (χ0v) is 6.91. The lowest BCUT2D eigenvalue weighted by Crippen LogP contribution is -2.05. The zero-order chi connectivity index (χ0) is 8.27. The van der Waals surface area contributed by atoms with Gasteiger partial charge in [-0.05, 0) is 24.6 Å². The van der Waals surface area contributed by atoms with Gasteiger partial charge in [-0.1, -0.05) is 0 Å². The van der Waals surface area contributed by atoms with Crippen LogP contribution in [0.25, 0.3) is 0 Å². The maximum absolute atomic E-state index is 8.99. The Hall–Kier alpha value is -0.670. The van der Waals surface area contributed by atoms with Crippen molar-refractivity contribution in [1.82, 2.24) is 9.97 Å². The monoisotopic (exact) mass is 172 g/mol. The van der Waals surface area contributed by atoms with E-state index in [1.165, 1.54) is 0 Å². The number of aliphatic hydroxyl groups is 1. The number of halogens is 1. The molecule has 60 valence electrons. The fourth-order valence-electron chi connectivity index (χ4n) is 0.786. The van der Waals surface area contributed by atoms with E-state index in [1.807, 2.05) is 0 Å². The van der Waals surface area contributed by atoms with Gasteiger partial charge in [0.2, 0.25) is 5.28 Å². The van der Waals surface area contributed by atoms with Gasteiger partial charge in [0.1, 0.15) is 0 Å². The van der Waals surface area contributed by atoms with Crippen molar-refractivity contribution in [2.75, 3.05) is 0 Å². The molecule has 0 saturated carbocycles. The van der Waals surface area contributed by atoms with E-state index >= 15 is 0 Å². The molecule has 1 aromatic rings. The lowest BCUT2D eigenvalue weighted by molar-refractivity contribution is 0.194. The van der Waals surface area contributed by atoms with Crippen molar-refractivity contribution < 1.29 is 5.11 Å². The maximum Gasteiger partial charge on any atom is 0.222 e. The van der Waals surface area contributed by atoms with E-state index < -0.39 is 0 Å². The zero-order valence-electron chi connectivity index (χ0n) is 6.16. The molecule has 0 aliphatic rings. The molecule has 1 aromatic heterocycles. The number of rotatable bonds is 2. The van der Waals surface area contributed by atoms with Crippen LogP contribution >= 0.6 is 11.6 Å². The molecule has 0 fully saturated rings. The molecule has 0 saturated heterocycles. The Morgan fingerprint density at radius 1 is 1.73 bits per heavy atom. The maximum atomic E-state index is 8.99. The van der Waals surface area contributed by atoms with E-state index in [0.717, 1.165) is 5.69 Å². The van der Waals surface area contributed by atoms with Crippen molar-refractivity contribution in [3.63, 3.8) is 0 Å². The summed E-state index contributed by atoms with van der Waals surface area (Å²) in [5.41, 5.74) is 0.764. The van der Waals surface area contributed by atoms with Gasteiger partial charge in [0.05, 0.1) is 6.10 Å². The summed E-state index contributed by atoms with van der Waals surface area (Å²) >= 11 is 5.52. The largest absolute Gasteiger partial charge is 0.393 e. The Morgan fingerprint density at radius 2 is 2.45 bits per heavy atom. The fourth-order valence-corrected chi connectivity index (χ4v) is 0.951. The van der Waals surface area contributed by atoms with Gasteiger partial charge < -0.3 is 5.11 Å². The highest BCUT2D eigenvalue weighted by Gasteiger charge is 2.00. The molecule has 11 heavy (non-hydrogen) atoms. The van der Waals surface area contributed by atoms with Crippen molar-refractivity contribution in [2.45, 2.75) is 19.4 Å². The third-order valence-corrected chi connectivity index (χ3v) is 1.37. The minimum Gasteiger partial charge on any atom is -0.393 e. The predicted molar refractivity (Wildman–Crippen MR) is 42.4 cm³/mol. The normalized spacial score (nSPS) is 13.0. The summed E-state index contributed by atoms with van der Waals surface area (Å²) in [6.07, 6.45) is 1.70. The van der Waals surface area contributed by atoms with E-state index in [-0.39, 0.29) is 11.4 Å². The average Bonchev–Trinajstić information content (AvgIpc) is 1.85. The summed E-state index contributed by atoms with van der Waals surface area (Å²) in [6.45, 7) is 1.70. The molecule has 0 aliphatic carbocycles. The van der Waals surface area contributed by atoms with E-state index in [9.17, 15) is 0 Å². The van der Waals surface area contributed by atoms with Crippen molar-refractivity contribution in [2.24, 2.45) is 0 Å². The summed E-state index contributed by atoms with van der Waals surface area (Å²) < 4.78 is 0. The molecule has 0 radical (unpaired) electrons. The van der Waals surface area contributed by atoms with Crippen molar-refractivity contribution in [1.29, 1.82) is 0 Å². The molecule has 0 aliphatic heterocycles. The molecule has 4 heteroatoms. The third-order valence-electron chi connectivity index (χ3n) is 1.19. The highest BCUT2D eigenvalue weighted by Crippen LogP contribution is 2.03. The molecule has 0 aromatic carbocycles. The first kappa shape index (κ1) is 8.43. The predicted octanol–water partition coefficient (Wildman–Crippen LogP) is 1.05. The molecule has 3 nitrogen and oxygen atoms in total. The third kappa shape index (κ3) is 2.82. The van der Waals surface area contributed by atoms with E-state index in [0.29, 0.717) is 6.42 Å². The minimum atomic E-state index is -0.388. The van der Waals surface area contributed by atoms with Crippen LogP contribution in [0.5, 0.6) is 0 Å². The van der Waals surface area contributed by atoms with Crippen molar-refractivity contribution in [3.05, 3.63) is 23.2 Å². The number of nitrogens with zero attached hydrogens (tertiary/aromatic N) is 2. The first-order chi connectivity index (χ1) is 5.18. The second-order valence-corrected chi connectivity index (χ2v) is 2.71. The lowest BCUT2D eigenvalue weighted by Gasteiger charge is -2.01. The van der Waals surface area contributed by atoms with Gasteiger partial charge in [0, 0.05) is 18.3 Å². The summed E-state index contributed by atoms with van der Waals surface area (Å²) in [6, 6.07) is 1.73. The van der Waals surface area contributed by atoms with Crippen molar-refractivity contribution in [3.8, 4) is 0 Å². The fraction of sp³-hybridized carbons (Fsp3) is 0.429. The van der Waals surface area contributed by atoms with Crippen LogP contribution in [0.4, 0.5) is 0 Å². The van der Waals surface area contributed by atoms with Crippen LogP contribution in [0.3, 0.4) is 0 Å². The van der Waals surface area contributed by atoms with Crippen LogP contribution in [0.2, 0.25) is 5.28 Å². The molecular weight excluding hydrogens is 164 g/mol. The first-order valence-corrected chi connectivity index (χ1v) is 3.72. The topological polar surface area (TPSA) is 46.0 Å². The Morgan fingerprint density at radius 3 is 3.00 bits per heavy atom. The number of aliphatic hydroxyl groups excluding tert-OH is 1. The molecule has 0 bridgehead atoms. The van der Waals surface area contributed by atoms with E-state index in [1.54, 1.807) is 19.2 Å². The summed E-state index contributed by atoms with van der Waals surface area (Å²) in [5, 5.41) is 9.22. The van der Waals surface area contributed by atoms with Crippen LogP contribution in [0, 0.1) is 0 Å². The molecular formula is C7H9ClN2O. The van der Waals surface area contributed by atoms with Crippen LogP contribution in [0.1, 0.15) is 12.6 Å². The summed E-state index contributed by atoms with van der Waals surface area (Å²) in [5.74, 6) is 0. The SMILES string of the molecule is CC(O)Cc1ccnc(Cl)n1. The molecule has 1 unspecified atom stereocenters. The molecule has 0 spiro atoms. The lowest BCUT2D eigenvalue weighted by atomic mass is 10.2. The Balaban J connectivity index is 2.71. The van der Waals surface area contributed by atoms with E-state index in [2.05, 4.69) is 9.97 Å². The van der Waals surface area contributed by atoms with Crippen LogP contribution in [0.15, 0.2) is 12.3 Å². The Bertz CT molecular complexity index is 240. The minimum absolute atomic E-state index is 0.225. The molecule has 0 amide bonds. The number of hydrogen-bond acceptors (Lipinski definition) is 3.